The summed E-state index contributed by atoms with van der Waals surface area (Å²) < 4.78 is 1.78. The molecule has 1 aliphatic rings. The fourth-order valence-electron chi connectivity index (χ4n) is 3.16. The summed E-state index contributed by atoms with van der Waals surface area (Å²) in [4.78, 5) is 13.5. The Bertz CT molecular complexity index is 714. The molecule has 1 aromatic carbocycles. The molecule has 0 bridgehead atoms. The van der Waals surface area contributed by atoms with E-state index in [1.54, 1.807) is 11.0 Å². The van der Waals surface area contributed by atoms with E-state index >= 15 is 0 Å². The van der Waals surface area contributed by atoms with Crippen molar-refractivity contribution in [3.63, 3.8) is 0 Å². The minimum absolute atomic E-state index is 0.632. The van der Waals surface area contributed by atoms with Crippen LogP contribution in [-0.4, -0.2) is 63.8 Å². The van der Waals surface area contributed by atoms with Crippen LogP contribution in [0.15, 0.2) is 35.6 Å². The second kappa shape index (κ2) is 8.11. The van der Waals surface area contributed by atoms with Gasteiger partial charge in [-0.15, -0.1) is 0 Å². The lowest BCUT2D eigenvalue weighted by Gasteiger charge is -2.36. The van der Waals surface area contributed by atoms with Crippen LogP contribution >= 0.6 is 0 Å². The average molecular weight is 341 g/mol. The molecule has 3 rings (SSSR count). The van der Waals surface area contributed by atoms with Gasteiger partial charge < -0.3 is 10.2 Å². The Morgan fingerprint density at radius 1 is 1.24 bits per heavy atom. The molecule has 25 heavy (non-hydrogen) atoms. The fourth-order valence-corrected chi connectivity index (χ4v) is 3.16. The molecule has 1 N–H and O–H groups in total. The Morgan fingerprint density at radius 3 is 2.68 bits per heavy atom. The van der Waals surface area contributed by atoms with Crippen molar-refractivity contribution in [2.75, 3.05) is 33.2 Å². The highest BCUT2D eigenvalue weighted by molar-refractivity contribution is 5.79. The van der Waals surface area contributed by atoms with Gasteiger partial charge in [-0.25, -0.2) is 4.98 Å². The quantitative estimate of drug-likeness (QED) is 0.664. The molecule has 1 aliphatic heterocycles. The van der Waals surface area contributed by atoms with Crippen molar-refractivity contribution in [1.29, 1.82) is 0 Å². The van der Waals surface area contributed by atoms with Crippen LogP contribution in [0.2, 0.25) is 0 Å². The smallest absolute Gasteiger partial charge is 0.194 e. The van der Waals surface area contributed by atoms with Gasteiger partial charge in [0.05, 0.1) is 6.54 Å². The number of hydrogen-bond donors (Lipinski definition) is 1. The number of aryl methyl sites for hydroxylation is 2. The first-order chi connectivity index (χ1) is 12.2. The molecular weight excluding hydrogens is 314 g/mol. The number of aromatic nitrogens is 3. The van der Waals surface area contributed by atoms with E-state index in [1.807, 2.05) is 14.1 Å². The maximum Gasteiger partial charge on any atom is 0.194 e. The molecule has 0 saturated carbocycles. The third kappa shape index (κ3) is 4.57. The summed E-state index contributed by atoms with van der Waals surface area (Å²) in [5.74, 6) is 1.83. The Hall–Kier alpha value is -2.41. The largest absolute Gasteiger partial charge is 0.349 e. The number of piperazine rings is 1. The Labute approximate surface area is 149 Å². The number of guanidine groups is 1. The summed E-state index contributed by atoms with van der Waals surface area (Å²) in [5.41, 5.74) is 2.71. The SMILES string of the molecule is CN=C(NCc1ncnn1C)N1CCN(Cc2cccc(C)c2)CC1. The van der Waals surface area contributed by atoms with E-state index < -0.39 is 0 Å². The Morgan fingerprint density at radius 2 is 2.04 bits per heavy atom. The van der Waals surface area contributed by atoms with Crippen LogP contribution in [0.3, 0.4) is 0 Å². The predicted molar refractivity (Wildman–Crippen MR) is 99.2 cm³/mol. The van der Waals surface area contributed by atoms with Gasteiger partial charge in [0.2, 0.25) is 0 Å². The highest BCUT2D eigenvalue weighted by Gasteiger charge is 2.19. The van der Waals surface area contributed by atoms with Gasteiger partial charge in [0.1, 0.15) is 12.2 Å². The van der Waals surface area contributed by atoms with Crippen LogP contribution < -0.4 is 5.32 Å². The van der Waals surface area contributed by atoms with Gasteiger partial charge in [0.25, 0.3) is 0 Å². The summed E-state index contributed by atoms with van der Waals surface area (Å²) in [6, 6.07) is 8.77. The second-order valence-corrected chi connectivity index (χ2v) is 6.45. The highest BCUT2D eigenvalue weighted by Crippen LogP contribution is 2.10. The molecule has 0 spiro atoms. The van der Waals surface area contributed by atoms with Gasteiger partial charge in [-0.3, -0.25) is 14.6 Å². The van der Waals surface area contributed by atoms with Gasteiger partial charge in [-0.1, -0.05) is 29.8 Å². The summed E-state index contributed by atoms with van der Waals surface area (Å²) in [6.07, 6.45) is 1.57. The highest BCUT2D eigenvalue weighted by atomic mass is 15.4. The number of nitrogens with zero attached hydrogens (tertiary/aromatic N) is 6. The Kier molecular flexibility index (Phi) is 5.65. The fraction of sp³-hybridized carbons (Fsp3) is 0.500. The minimum Gasteiger partial charge on any atom is -0.349 e. The topological polar surface area (TPSA) is 61.6 Å². The lowest BCUT2D eigenvalue weighted by molar-refractivity contribution is 0.172. The van der Waals surface area contributed by atoms with Crippen molar-refractivity contribution in [3.8, 4) is 0 Å². The molecule has 0 atom stereocenters. The zero-order valence-corrected chi connectivity index (χ0v) is 15.3. The lowest BCUT2D eigenvalue weighted by atomic mass is 10.1. The van der Waals surface area contributed by atoms with Crippen molar-refractivity contribution in [2.24, 2.45) is 12.0 Å². The molecule has 1 saturated heterocycles. The number of rotatable bonds is 4. The van der Waals surface area contributed by atoms with Gasteiger partial charge in [0.15, 0.2) is 5.96 Å². The molecule has 7 nitrogen and oxygen atoms in total. The average Bonchev–Trinajstić information content (AvgIpc) is 3.02. The van der Waals surface area contributed by atoms with E-state index in [0.717, 1.165) is 44.5 Å². The minimum atomic E-state index is 0.632. The van der Waals surface area contributed by atoms with Crippen LogP contribution in [0, 0.1) is 6.92 Å². The van der Waals surface area contributed by atoms with E-state index in [2.05, 4.69) is 61.4 Å². The zero-order chi connectivity index (χ0) is 17.6. The van der Waals surface area contributed by atoms with Crippen molar-refractivity contribution < 1.29 is 0 Å². The molecule has 0 radical (unpaired) electrons. The third-order valence-electron chi connectivity index (χ3n) is 4.58. The van der Waals surface area contributed by atoms with E-state index in [0.29, 0.717) is 6.54 Å². The first-order valence-corrected chi connectivity index (χ1v) is 8.72. The number of hydrogen-bond acceptors (Lipinski definition) is 4. The van der Waals surface area contributed by atoms with Crippen molar-refractivity contribution in [3.05, 3.63) is 47.5 Å². The summed E-state index contributed by atoms with van der Waals surface area (Å²) >= 11 is 0. The first-order valence-electron chi connectivity index (χ1n) is 8.72. The molecular formula is C18H27N7. The van der Waals surface area contributed by atoms with Crippen LogP contribution in [0.1, 0.15) is 17.0 Å². The van der Waals surface area contributed by atoms with Gasteiger partial charge in [0, 0.05) is 46.8 Å². The molecule has 7 heteroatoms. The monoisotopic (exact) mass is 341 g/mol. The maximum absolute atomic E-state index is 4.42. The molecule has 0 unspecified atom stereocenters. The van der Waals surface area contributed by atoms with Crippen LogP contribution in [0.5, 0.6) is 0 Å². The molecule has 1 aromatic heterocycles. The molecule has 134 valence electrons. The summed E-state index contributed by atoms with van der Waals surface area (Å²) in [5, 5.41) is 7.48. The standard InChI is InChI=1S/C18H27N7/c1-15-5-4-6-16(11-15)13-24-7-9-25(10-8-24)18(19-2)20-12-17-21-14-22-23(17)3/h4-6,11,14H,7-10,12-13H2,1-3H3,(H,19,20). The number of benzene rings is 1. The number of nitrogens with one attached hydrogen (secondary N) is 1. The van der Waals surface area contributed by atoms with Crippen molar-refractivity contribution in [1.82, 2.24) is 29.9 Å². The molecule has 0 aliphatic carbocycles. The first kappa shape index (κ1) is 17.4. The molecule has 2 aromatic rings. The van der Waals surface area contributed by atoms with E-state index in [9.17, 15) is 0 Å². The normalized spacial score (nSPS) is 16.3. The lowest BCUT2D eigenvalue weighted by Crippen LogP contribution is -2.52. The van der Waals surface area contributed by atoms with Gasteiger partial charge in [-0.2, -0.15) is 5.10 Å². The third-order valence-corrected chi connectivity index (χ3v) is 4.58. The Balaban J connectivity index is 1.49. The van der Waals surface area contributed by atoms with Crippen LogP contribution in [-0.2, 0) is 20.1 Å². The van der Waals surface area contributed by atoms with Gasteiger partial charge >= 0.3 is 0 Å². The summed E-state index contributed by atoms with van der Waals surface area (Å²) in [6.45, 7) is 7.83. The van der Waals surface area contributed by atoms with E-state index in [-0.39, 0.29) is 0 Å². The molecule has 0 amide bonds. The zero-order valence-electron chi connectivity index (χ0n) is 15.3. The van der Waals surface area contributed by atoms with Crippen LogP contribution in [0.25, 0.3) is 0 Å². The van der Waals surface area contributed by atoms with E-state index in [1.165, 1.54) is 11.1 Å². The van der Waals surface area contributed by atoms with Gasteiger partial charge in [-0.05, 0) is 12.5 Å². The second-order valence-electron chi connectivity index (χ2n) is 6.45. The number of aliphatic imine (C=N–C) groups is 1. The maximum atomic E-state index is 4.42. The van der Waals surface area contributed by atoms with Crippen molar-refractivity contribution in [2.45, 2.75) is 20.0 Å². The van der Waals surface area contributed by atoms with Crippen LogP contribution in [0.4, 0.5) is 0 Å². The van der Waals surface area contributed by atoms with Crippen molar-refractivity contribution >= 4 is 5.96 Å². The molecule has 1 fully saturated rings. The van der Waals surface area contributed by atoms with E-state index in [4.69, 9.17) is 0 Å². The summed E-state index contributed by atoms with van der Waals surface area (Å²) in [7, 11) is 3.73. The predicted octanol–water partition coefficient (Wildman–Crippen LogP) is 1.02. The molecule has 2 heterocycles.